The molecule has 1 aliphatic rings. The van der Waals surface area contributed by atoms with Crippen molar-refractivity contribution in [3.63, 3.8) is 0 Å². The minimum atomic E-state index is -0.397. The summed E-state index contributed by atoms with van der Waals surface area (Å²) in [4.78, 5) is 22.9. The van der Waals surface area contributed by atoms with Crippen molar-refractivity contribution in [1.29, 1.82) is 0 Å². The molecule has 2 rings (SSSR count). The van der Waals surface area contributed by atoms with E-state index in [9.17, 15) is 4.79 Å². The van der Waals surface area contributed by atoms with E-state index in [0.717, 1.165) is 56.7 Å². The van der Waals surface area contributed by atoms with Crippen molar-refractivity contribution in [2.45, 2.75) is 58.0 Å². The lowest BCUT2D eigenvalue weighted by Crippen LogP contribution is -2.52. The Kier molecular flexibility index (Phi) is 8.26. The number of halogens is 1. The Labute approximate surface area is 144 Å². The van der Waals surface area contributed by atoms with Crippen LogP contribution in [0.25, 0.3) is 0 Å². The van der Waals surface area contributed by atoms with Gasteiger partial charge in [-0.2, -0.15) is 0 Å². The van der Waals surface area contributed by atoms with Crippen LogP contribution in [0.4, 0.5) is 5.82 Å². The first-order valence-corrected chi connectivity index (χ1v) is 8.25. The fraction of sp³-hybridized carbons (Fsp3) is 0.688. The molecule has 0 aliphatic carbocycles. The minimum absolute atomic E-state index is 0. The summed E-state index contributed by atoms with van der Waals surface area (Å²) in [6.07, 6.45) is 6.20. The Bertz CT molecular complexity index is 499. The maximum atomic E-state index is 12.1. The van der Waals surface area contributed by atoms with Gasteiger partial charge in [0.1, 0.15) is 12.1 Å². The van der Waals surface area contributed by atoms with E-state index >= 15 is 0 Å². The third-order valence-corrected chi connectivity index (χ3v) is 4.10. The van der Waals surface area contributed by atoms with E-state index < -0.39 is 6.04 Å². The highest BCUT2D eigenvalue weighted by Gasteiger charge is 2.24. The Balaban J connectivity index is 0.00000264. The van der Waals surface area contributed by atoms with Gasteiger partial charge in [-0.25, -0.2) is 9.97 Å². The Morgan fingerprint density at radius 1 is 1.48 bits per heavy atom. The monoisotopic (exact) mass is 341 g/mol. The molecule has 1 aromatic rings. The van der Waals surface area contributed by atoms with E-state index in [2.05, 4.69) is 27.1 Å². The summed E-state index contributed by atoms with van der Waals surface area (Å²) in [5.74, 6) is 0.911. The van der Waals surface area contributed by atoms with Gasteiger partial charge in [0, 0.05) is 30.9 Å². The molecule has 0 aromatic carbocycles. The van der Waals surface area contributed by atoms with Gasteiger partial charge in [-0.1, -0.05) is 20.3 Å². The molecule has 2 unspecified atom stereocenters. The van der Waals surface area contributed by atoms with Gasteiger partial charge in [-0.3, -0.25) is 4.79 Å². The van der Waals surface area contributed by atoms with Crippen LogP contribution >= 0.6 is 12.4 Å². The number of anilines is 1. The molecule has 23 heavy (non-hydrogen) atoms. The van der Waals surface area contributed by atoms with Gasteiger partial charge in [-0.15, -0.1) is 12.4 Å². The molecule has 1 aromatic heterocycles. The predicted octanol–water partition coefficient (Wildman–Crippen LogP) is 1.67. The van der Waals surface area contributed by atoms with Crippen LogP contribution in [0, 0.1) is 0 Å². The first-order valence-electron chi connectivity index (χ1n) is 8.25. The smallest absolute Gasteiger partial charge is 0.237 e. The zero-order valence-corrected chi connectivity index (χ0v) is 14.8. The Morgan fingerprint density at radius 3 is 2.96 bits per heavy atom. The summed E-state index contributed by atoms with van der Waals surface area (Å²) in [6.45, 7) is 5.87. The zero-order valence-electron chi connectivity index (χ0n) is 14.0. The average Bonchev–Trinajstić information content (AvgIpc) is 2.55. The number of nitrogens with two attached hydrogens (primary N) is 1. The number of nitrogens with one attached hydrogen (secondary N) is 1. The maximum absolute atomic E-state index is 12.1. The average molecular weight is 342 g/mol. The van der Waals surface area contributed by atoms with Crippen molar-refractivity contribution in [2.24, 2.45) is 5.73 Å². The molecule has 0 radical (unpaired) electrons. The van der Waals surface area contributed by atoms with Gasteiger partial charge in [0.2, 0.25) is 5.91 Å². The number of amides is 1. The molecule has 0 bridgehead atoms. The first-order chi connectivity index (χ1) is 10.6. The fourth-order valence-corrected chi connectivity index (χ4v) is 2.81. The third-order valence-electron chi connectivity index (χ3n) is 4.10. The van der Waals surface area contributed by atoms with E-state index in [0.29, 0.717) is 0 Å². The van der Waals surface area contributed by atoms with Gasteiger partial charge in [-0.05, 0) is 25.7 Å². The van der Waals surface area contributed by atoms with Crippen LogP contribution in [0.3, 0.4) is 0 Å². The lowest BCUT2D eigenvalue weighted by Gasteiger charge is -2.34. The zero-order chi connectivity index (χ0) is 15.9. The summed E-state index contributed by atoms with van der Waals surface area (Å²) in [7, 11) is 0. The van der Waals surface area contributed by atoms with E-state index in [1.54, 1.807) is 6.33 Å². The molecule has 1 amide bonds. The fourth-order valence-electron chi connectivity index (χ4n) is 2.81. The highest BCUT2D eigenvalue weighted by atomic mass is 35.5. The van der Waals surface area contributed by atoms with E-state index in [4.69, 9.17) is 5.73 Å². The lowest BCUT2D eigenvalue weighted by molar-refractivity contribution is -0.123. The summed E-state index contributed by atoms with van der Waals surface area (Å²) in [5.41, 5.74) is 6.93. The van der Waals surface area contributed by atoms with Crippen LogP contribution in [0.2, 0.25) is 0 Å². The van der Waals surface area contributed by atoms with Crippen molar-refractivity contribution in [1.82, 2.24) is 15.3 Å². The molecule has 130 valence electrons. The normalized spacial score (nSPS) is 18.9. The van der Waals surface area contributed by atoms with Gasteiger partial charge in [0.15, 0.2) is 0 Å². The highest BCUT2D eigenvalue weighted by molar-refractivity contribution is 5.85. The standard InChI is InChI=1S/C16H27N5O.ClH/c1-3-6-14(17)16(22)20-13-7-5-8-21(10-13)15-9-12(4-2)18-11-19-15;/h9,11,13-14H,3-8,10,17H2,1-2H3,(H,20,22);1H. The van der Waals surface area contributed by atoms with Crippen LogP contribution < -0.4 is 16.0 Å². The quantitative estimate of drug-likeness (QED) is 0.822. The number of rotatable bonds is 6. The van der Waals surface area contributed by atoms with Crippen LogP contribution in [0.1, 0.15) is 45.2 Å². The van der Waals surface area contributed by atoms with Crippen molar-refractivity contribution in [2.75, 3.05) is 18.0 Å². The number of aryl methyl sites for hydroxylation is 1. The molecule has 2 atom stereocenters. The molecule has 1 aliphatic heterocycles. The van der Waals surface area contributed by atoms with Crippen LogP contribution in [-0.4, -0.2) is 41.0 Å². The molecular formula is C16H28ClN5O. The SMILES string of the molecule is CCCC(N)C(=O)NC1CCCN(c2cc(CC)ncn2)C1.Cl. The summed E-state index contributed by atoms with van der Waals surface area (Å²) >= 11 is 0. The van der Waals surface area contributed by atoms with Crippen molar-refractivity contribution < 1.29 is 4.79 Å². The molecule has 0 saturated carbocycles. The molecular weight excluding hydrogens is 314 g/mol. The minimum Gasteiger partial charge on any atom is -0.354 e. The molecule has 7 heteroatoms. The molecule has 1 fully saturated rings. The van der Waals surface area contributed by atoms with Crippen molar-refractivity contribution in [3.8, 4) is 0 Å². The molecule has 6 nitrogen and oxygen atoms in total. The summed E-state index contributed by atoms with van der Waals surface area (Å²) in [6, 6.07) is 1.78. The largest absolute Gasteiger partial charge is 0.354 e. The predicted molar refractivity (Wildman–Crippen MR) is 94.9 cm³/mol. The second-order valence-corrected chi connectivity index (χ2v) is 5.91. The number of carbonyl (C=O) groups excluding carboxylic acids is 1. The van der Waals surface area contributed by atoms with E-state index in [-0.39, 0.29) is 24.4 Å². The third kappa shape index (κ3) is 5.62. The number of piperidine rings is 1. The maximum Gasteiger partial charge on any atom is 0.237 e. The van der Waals surface area contributed by atoms with E-state index in [1.165, 1.54) is 0 Å². The molecule has 1 saturated heterocycles. The van der Waals surface area contributed by atoms with E-state index in [1.807, 2.05) is 13.0 Å². The van der Waals surface area contributed by atoms with Gasteiger partial charge >= 0.3 is 0 Å². The van der Waals surface area contributed by atoms with Crippen LogP contribution in [-0.2, 0) is 11.2 Å². The number of hydrogen-bond acceptors (Lipinski definition) is 5. The topological polar surface area (TPSA) is 84.1 Å². The van der Waals surface area contributed by atoms with Crippen molar-refractivity contribution >= 4 is 24.1 Å². The van der Waals surface area contributed by atoms with Crippen LogP contribution in [0.15, 0.2) is 12.4 Å². The Hall–Kier alpha value is -1.40. The summed E-state index contributed by atoms with van der Waals surface area (Å²) in [5, 5.41) is 3.08. The lowest BCUT2D eigenvalue weighted by atomic mass is 10.0. The highest BCUT2D eigenvalue weighted by Crippen LogP contribution is 2.18. The molecule has 3 N–H and O–H groups in total. The number of hydrogen-bond donors (Lipinski definition) is 2. The van der Waals surface area contributed by atoms with Gasteiger partial charge < -0.3 is 16.0 Å². The van der Waals surface area contributed by atoms with Crippen molar-refractivity contribution in [3.05, 3.63) is 18.1 Å². The second kappa shape index (κ2) is 9.67. The number of carbonyl (C=O) groups is 1. The molecule has 2 heterocycles. The Morgan fingerprint density at radius 2 is 2.26 bits per heavy atom. The first kappa shape index (κ1) is 19.6. The summed E-state index contributed by atoms with van der Waals surface area (Å²) < 4.78 is 0. The van der Waals surface area contributed by atoms with Gasteiger partial charge in [0.25, 0.3) is 0 Å². The van der Waals surface area contributed by atoms with Gasteiger partial charge in [0.05, 0.1) is 6.04 Å². The molecule has 0 spiro atoms. The number of aromatic nitrogens is 2. The van der Waals surface area contributed by atoms with Crippen LogP contribution in [0.5, 0.6) is 0 Å². The second-order valence-electron chi connectivity index (χ2n) is 5.91. The number of nitrogens with zero attached hydrogens (tertiary/aromatic N) is 3.